The van der Waals surface area contributed by atoms with Crippen LogP contribution in [0.3, 0.4) is 0 Å². The summed E-state index contributed by atoms with van der Waals surface area (Å²) in [5.41, 5.74) is 0.135. The Kier molecular flexibility index (Phi) is 5.32. The molecule has 0 aliphatic rings. The van der Waals surface area contributed by atoms with Gasteiger partial charge in [0.05, 0.1) is 12.0 Å². The molecule has 6 nitrogen and oxygen atoms in total. The molecule has 0 heterocycles. The molecule has 0 amide bonds. The molecule has 0 spiro atoms. The first-order valence-electron chi connectivity index (χ1n) is 5.27. The lowest BCUT2D eigenvalue weighted by molar-refractivity contribution is -0.385. The van der Waals surface area contributed by atoms with Crippen molar-refractivity contribution >= 4 is 23.3 Å². The van der Waals surface area contributed by atoms with E-state index in [-0.39, 0.29) is 23.1 Å². The normalized spacial score (nSPS) is 11.0. The smallest absolute Gasteiger partial charge is 0.333 e. The van der Waals surface area contributed by atoms with Crippen LogP contribution in [0.5, 0.6) is 5.75 Å². The fourth-order valence-electron chi connectivity index (χ4n) is 1.26. The summed E-state index contributed by atoms with van der Waals surface area (Å²) in [5, 5.41) is 11.1. The van der Waals surface area contributed by atoms with E-state index in [2.05, 4.69) is 4.74 Å². The van der Waals surface area contributed by atoms with Crippen LogP contribution in [-0.2, 0) is 9.53 Å². The lowest BCUT2D eigenvalue weighted by Crippen LogP contribution is -2.04. The summed E-state index contributed by atoms with van der Waals surface area (Å²) in [6.07, 6.45) is 1.48. The number of nitro benzene ring substituents is 1. The quantitative estimate of drug-likeness (QED) is 0.360. The van der Waals surface area contributed by atoms with Crippen molar-refractivity contribution in [1.82, 2.24) is 0 Å². The first kappa shape index (κ1) is 15.0. The Hall–Kier alpha value is -2.08. The number of esters is 1. The summed E-state index contributed by atoms with van der Waals surface area (Å²) < 4.78 is 9.74. The molecule has 1 aromatic rings. The molecule has 0 N–H and O–H groups in total. The average molecular weight is 286 g/mol. The van der Waals surface area contributed by atoms with Gasteiger partial charge in [-0.15, -0.1) is 0 Å². The van der Waals surface area contributed by atoms with E-state index in [1.165, 1.54) is 31.4 Å². The largest absolute Gasteiger partial charge is 0.483 e. The molecule has 0 aliphatic carbocycles. The summed E-state index contributed by atoms with van der Waals surface area (Å²) >= 11 is 5.67. The molecule has 0 bridgehead atoms. The van der Waals surface area contributed by atoms with E-state index in [0.29, 0.717) is 5.57 Å². The molecule has 102 valence electrons. The zero-order chi connectivity index (χ0) is 14.4. The topological polar surface area (TPSA) is 78.7 Å². The molecule has 0 aliphatic heterocycles. The molecule has 0 saturated heterocycles. The number of carbonyl (C=O) groups is 1. The number of benzene rings is 1. The third-order valence-electron chi connectivity index (χ3n) is 2.25. The number of hydrogen-bond acceptors (Lipinski definition) is 5. The average Bonchev–Trinajstić information content (AvgIpc) is 2.38. The predicted octanol–water partition coefficient (Wildman–Crippen LogP) is 2.75. The van der Waals surface area contributed by atoms with Crippen molar-refractivity contribution in [3.63, 3.8) is 0 Å². The van der Waals surface area contributed by atoms with Crippen molar-refractivity contribution in [3.8, 4) is 5.75 Å². The predicted molar refractivity (Wildman–Crippen MR) is 69.4 cm³/mol. The van der Waals surface area contributed by atoms with Crippen molar-refractivity contribution in [2.75, 3.05) is 13.7 Å². The fourth-order valence-corrected chi connectivity index (χ4v) is 1.42. The molecule has 0 fully saturated rings. The zero-order valence-corrected chi connectivity index (χ0v) is 11.1. The van der Waals surface area contributed by atoms with Crippen LogP contribution in [0.2, 0.25) is 5.02 Å². The van der Waals surface area contributed by atoms with E-state index in [1.54, 1.807) is 6.92 Å². The number of nitrogens with zero attached hydrogens (tertiary/aromatic N) is 1. The summed E-state index contributed by atoms with van der Waals surface area (Å²) in [4.78, 5) is 21.3. The number of carbonyl (C=O) groups excluding carboxylic acids is 1. The van der Waals surface area contributed by atoms with Gasteiger partial charge in [-0.3, -0.25) is 10.1 Å². The molecule has 0 saturated carbocycles. The van der Waals surface area contributed by atoms with Crippen molar-refractivity contribution in [1.29, 1.82) is 0 Å². The van der Waals surface area contributed by atoms with Gasteiger partial charge in [-0.25, -0.2) is 4.79 Å². The van der Waals surface area contributed by atoms with Crippen molar-refractivity contribution in [3.05, 3.63) is 45.0 Å². The van der Waals surface area contributed by atoms with Crippen molar-refractivity contribution in [2.45, 2.75) is 6.92 Å². The summed E-state index contributed by atoms with van der Waals surface area (Å²) in [6, 6.07) is 4.09. The van der Waals surface area contributed by atoms with E-state index in [9.17, 15) is 14.9 Å². The Balaban J connectivity index is 2.79. The number of nitro groups is 1. The van der Waals surface area contributed by atoms with Crippen LogP contribution >= 0.6 is 11.6 Å². The highest BCUT2D eigenvalue weighted by molar-refractivity contribution is 6.30. The lowest BCUT2D eigenvalue weighted by Gasteiger charge is -2.05. The van der Waals surface area contributed by atoms with Gasteiger partial charge in [0.1, 0.15) is 6.61 Å². The van der Waals surface area contributed by atoms with Crippen LogP contribution in [0, 0.1) is 10.1 Å². The molecule has 0 atom stereocenters. The SMILES string of the molecule is COC(=O)C(C)=CCOc1ccc(Cl)cc1[N+](=O)[O-]. The molecule has 19 heavy (non-hydrogen) atoms. The van der Waals surface area contributed by atoms with Crippen LogP contribution < -0.4 is 4.74 Å². The Bertz CT molecular complexity index is 527. The van der Waals surface area contributed by atoms with Gasteiger partial charge in [0, 0.05) is 16.7 Å². The van der Waals surface area contributed by atoms with Gasteiger partial charge in [0.15, 0.2) is 5.75 Å². The summed E-state index contributed by atoms with van der Waals surface area (Å²) in [7, 11) is 1.27. The van der Waals surface area contributed by atoms with E-state index >= 15 is 0 Å². The number of rotatable bonds is 5. The number of hydrogen-bond donors (Lipinski definition) is 0. The number of halogens is 1. The van der Waals surface area contributed by atoms with Gasteiger partial charge >= 0.3 is 11.7 Å². The van der Waals surface area contributed by atoms with Gasteiger partial charge in [-0.1, -0.05) is 11.6 Å². The van der Waals surface area contributed by atoms with Gasteiger partial charge in [0.2, 0.25) is 0 Å². The van der Waals surface area contributed by atoms with Crippen molar-refractivity contribution in [2.24, 2.45) is 0 Å². The van der Waals surface area contributed by atoms with Crippen molar-refractivity contribution < 1.29 is 19.2 Å². The van der Waals surface area contributed by atoms with Crippen LogP contribution in [0.4, 0.5) is 5.69 Å². The number of ether oxygens (including phenoxy) is 2. The van der Waals surface area contributed by atoms with E-state index in [1.807, 2.05) is 0 Å². The molecule has 7 heteroatoms. The van der Waals surface area contributed by atoms with Gasteiger partial charge < -0.3 is 9.47 Å². The van der Waals surface area contributed by atoms with Gasteiger partial charge in [-0.2, -0.15) is 0 Å². The van der Waals surface area contributed by atoms with E-state index in [4.69, 9.17) is 16.3 Å². The minimum Gasteiger partial charge on any atom is -0.483 e. The fraction of sp³-hybridized carbons (Fsp3) is 0.250. The summed E-state index contributed by atoms with van der Waals surface area (Å²) in [6.45, 7) is 1.58. The maximum atomic E-state index is 11.1. The monoisotopic (exact) mass is 285 g/mol. The minimum absolute atomic E-state index is 0.0173. The van der Waals surface area contributed by atoms with Gasteiger partial charge in [0.25, 0.3) is 0 Å². The third kappa shape index (κ3) is 4.26. The highest BCUT2D eigenvalue weighted by Crippen LogP contribution is 2.29. The molecular weight excluding hydrogens is 274 g/mol. The third-order valence-corrected chi connectivity index (χ3v) is 2.49. The molecule has 1 rings (SSSR count). The zero-order valence-electron chi connectivity index (χ0n) is 10.4. The van der Waals surface area contributed by atoms with Crippen LogP contribution in [0.15, 0.2) is 29.8 Å². The Labute approximate surface area is 114 Å². The van der Waals surface area contributed by atoms with Gasteiger partial charge in [-0.05, 0) is 25.1 Å². The highest BCUT2D eigenvalue weighted by Gasteiger charge is 2.15. The number of methoxy groups -OCH3 is 1. The molecular formula is C12H12ClNO5. The molecule has 0 radical (unpaired) electrons. The Morgan fingerprint density at radius 1 is 1.53 bits per heavy atom. The first-order valence-corrected chi connectivity index (χ1v) is 5.65. The van der Waals surface area contributed by atoms with E-state index in [0.717, 1.165) is 0 Å². The second-order valence-corrected chi connectivity index (χ2v) is 4.00. The Morgan fingerprint density at radius 3 is 2.79 bits per heavy atom. The summed E-state index contributed by atoms with van der Waals surface area (Å²) in [5.74, 6) is -0.391. The van der Waals surface area contributed by atoms with Crippen LogP contribution in [-0.4, -0.2) is 24.6 Å². The maximum Gasteiger partial charge on any atom is 0.333 e. The van der Waals surface area contributed by atoms with Crippen LogP contribution in [0.25, 0.3) is 0 Å². The Morgan fingerprint density at radius 2 is 2.21 bits per heavy atom. The minimum atomic E-state index is -0.585. The molecule has 1 aromatic carbocycles. The highest BCUT2D eigenvalue weighted by atomic mass is 35.5. The maximum absolute atomic E-state index is 11.1. The van der Waals surface area contributed by atoms with Crippen LogP contribution in [0.1, 0.15) is 6.92 Å². The second-order valence-electron chi connectivity index (χ2n) is 3.56. The van der Waals surface area contributed by atoms with E-state index < -0.39 is 10.9 Å². The first-order chi connectivity index (χ1) is 8.95. The molecule has 0 aromatic heterocycles. The molecule has 0 unspecified atom stereocenters. The standard InChI is InChI=1S/C12H12ClNO5/c1-8(12(15)18-2)5-6-19-11-4-3-9(13)7-10(11)14(16)17/h3-5,7H,6H2,1-2H3. The lowest BCUT2D eigenvalue weighted by atomic mass is 10.3. The second kappa shape index (κ2) is 6.75.